The zero-order valence-corrected chi connectivity index (χ0v) is 19.5. The predicted molar refractivity (Wildman–Crippen MR) is 129 cm³/mol. The van der Waals surface area contributed by atoms with Gasteiger partial charge in [-0.25, -0.2) is 0 Å². The molecule has 0 atom stereocenters. The number of benzene rings is 2. The summed E-state index contributed by atoms with van der Waals surface area (Å²) in [4.78, 5) is -0.616. The monoisotopic (exact) mass is 567 g/mol. The Balaban J connectivity index is 1.48. The predicted octanol–water partition coefficient (Wildman–Crippen LogP) is 3.36. The normalized spacial score (nSPS) is 16.6. The summed E-state index contributed by atoms with van der Waals surface area (Å²) >= 11 is -2.16. The number of phenols is 1. The van der Waals surface area contributed by atoms with Gasteiger partial charge in [-0.05, 0) is 0 Å². The molecule has 2 heterocycles. The van der Waals surface area contributed by atoms with Crippen molar-refractivity contribution < 1.29 is 22.3 Å². The number of sulfonamides is 1. The molecule has 0 spiro atoms. The molecule has 3 N–H and O–H groups in total. The molecule has 11 heteroatoms. The van der Waals surface area contributed by atoms with Crippen molar-refractivity contribution in [2.45, 2.75) is 4.90 Å². The Morgan fingerprint density at radius 2 is 1.88 bits per heavy atom. The van der Waals surface area contributed by atoms with Gasteiger partial charge < -0.3 is 0 Å². The van der Waals surface area contributed by atoms with E-state index >= 15 is 0 Å². The Morgan fingerprint density at radius 3 is 2.62 bits per heavy atom. The molecule has 4 rings (SSSR count). The number of fused-ring (bicyclic) bond motifs is 1. The van der Waals surface area contributed by atoms with Crippen LogP contribution >= 0.6 is 20.1 Å². The van der Waals surface area contributed by atoms with Gasteiger partial charge in [0.15, 0.2) is 0 Å². The van der Waals surface area contributed by atoms with Crippen molar-refractivity contribution in [3.63, 3.8) is 0 Å². The molecule has 164 valence electrons. The topological polar surface area (TPSA) is 90.8 Å². The van der Waals surface area contributed by atoms with Gasteiger partial charge in [-0.3, -0.25) is 0 Å². The van der Waals surface area contributed by atoms with Crippen LogP contribution in [0.1, 0.15) is 5.56 Å². The van der Waals surface area contributed by atoms with Crippen LogP contribution in [0.2, 0.25) is 0 Å². The van der Waals surface area contributed by atoms with Crippen LogP contribution < -0.4 is 10.0 Å². The molecule has 2 aliphatic rings. The Kier molecular flexibility index (Phi) is 6.49. The summed E-state index contributed by atoms with van der Waals surface area (Å²) in [6, 6.07) is 9.22. The number of nitrogens with zero attached hydrogens (tertiary/aromatic N) is 1. The van der Waals surface area contributed by atoms with Crippen molar-refractivity contribution in [3.8, 4) is 5.75 Å². The van der Waals surface area contributed by atoms with E-state index in [0.29, 0.717) is 17.1 Å². The molecular formula is C21H17BF2IN3O3S. The van der Waals surface area contributed by atoms with Gasteiger partial charge in [0.25, 0.3) is 0 Å². The second kappa shape index (κ2) is 9.16. The molecule has 0 bridgehead atoms. The van der Waals surface area contributed by atoms with Crippen molar-refractivity contribution in [2.75, 3.05) is 13.1 Å². The Bertz CT molecular complexity index is 1310. The second-order valence-electron chi connectivity index (χ2n) is 6.80. The molecule has 2 aliphatic heterocycles. The standard InChI is InChI=1S/C21H17BF2IN3O3S/c22-16-12-27-25-18(16)9-13(15-3-1-2-4-19(15)29)10-21(25)26-7-8-28-32(30,31)20-6-5-14(23)11-17(20)24/h1-6,9-12,26,28-29H,7-8H2. The quantitative estimate of drug-likeness (QED) is 0.207. The van der Waals surface area contributed by atoms with E-state index < -0.39 is 46.6 Å². The third-order valence-corrected chi connectivity index (χ3v) is 10.8. The summed E-state index contributed by atoms with van der Waals surface area (Å²) in [5, 5.41) is 13.4. The fourth-order valence-electron chi connectivity index (χ4n) is 3.11. The summed E-state index contributed by atoms with van der Waals surface area (Å²) in [6.07, 6.45) is 5.43. The molecule has 6 nitrogen and oxygen atoms in total. The first-order chi connectivity index (χ1) is 15.3. The number of allylic oxidation sites excluding steroid dienone is 5. The van der Waals surface area contributed by atoms with Crippen molar-refractivity contribution >= 4 is 49.8 Å². The fraction of sp³-hybridized carbons (Fsp3) is 0.0952. The van der Waals surface area contributed by atoms with Crippen LogP contribution in [-0.2, 0) is 10.0 Å². The first-order valence-electron chi connectivity index (χ1n) is 9.40. The van der Waals surface area contributed by atoms with Crippen LogP contribution in [0.3, 0.4) is 0 Å². The van der Waals surface area contributed by atoms with E-state index in [1.807, 2.05) is 18.2 Å². The van der Waals surface area contributed by atoms with Gasteiger partial charge in [-0.2, -0.15) is 0 Å². The first kappa shape index (κ1) is 22.7. The molecule has 0 aliphatic carbocycles. The Labute approximate surface area is 193 Å². The average Bonchev–Trinajstić information content (AvgIpc) is 3.12. The van der Waals surface area contributed by atoms with E-state index in [1.165, 1.54) is 0 Å². The van der Waals surface area contributed by atoms with Gasteiger partial charge in [0, 0.05) is 0 Å². The third-order valence-electron chi connectivity index (χ3n) is 4.62. The number of rotatable bonds is 7. The molecule has 2 aromatic rings. The van der Waals surface area contributed by atoms with Crippen LogP contribution in [-0.4, -0.2) is 40.7 Å². The molecule has 0 saturated heterocycles. The van der Waals surface area contributed by atoms with Crippen molar-refractivity contribution in [3.05, 3.63) is 84.6 Å². The summed E-state index contributed by atoms with van der Waals surface area (Å²) in [5.74, 6) is -1.88. The third kappa shape index (κ3) is 4.64. The van der Waals surface area contributed by atoms with E-state index in [9.17, 15) is 22.3 Å². The molecule has 2 radical (unpaired) electrons. The number of hydrogen-bond acceptors (Lipinski definition) is 5. The number of hydrogen-bond donors (Lipinski definition) is 3. The second-order valence-corrected chi connectivity index (χ2v) is 12.9. The summed E-state index contributed by atoms with van der Waals surface area (Å²) < 4.78 is 60.1. The molecule has 0 fully saturated rings. The van der Waals surface area contributed by atoms with Gasteiger partial charge in [-0.15, -0.1) is 0 Å². The van der Waals surface area contributed by atoms with E-state index in [-0.39, 0.29) is 18.8 Å². The maximum absolute atomic E-state index is 13.8. The molecule has 32 heavy (non-hydrogen) atoms. The minimum atomic E-state index is -4.14. The summed E-state index contributed by atoms with van der Waals surface area (Å²) in [7, 11) is 1.95. The number of para-hydroxylation sites is 1. The number of aromatic hydroxyl groups is 1. The molecule has 2 aromatic carbocycles. The zero-order chi connectivity index (χ0) is 22.9. The van der Waals surface area contributed by atoms with Gasteiger partial charge in [0.05, 0.1) is 0 Å². The van der Waals surface area contributed by atoms with Gasteiger partial charge >= 0.3 is 194 Å². The van der Waals surface area contributed by atoms with Crippen LogP contribution in [0, 0.1) is 11.6 Å². The Morgan fingerprint density at radius 1 is 1.09 bits per heavy atom. The number of phenolic OH excluding ortho intramolecular Hbond substituents is 1. The van der Waals surface area contributed by atoms with Crippen molar-refractivity contribution in [1.29, 1.82) is 0 Å². The average molecular weight is 567 g/mol. The van der Waals surface area contributed by atoms with Gasteiger partial charge in [0.2, 0.25) is 0 Å². The molecule has 0 unspecified atom stereocenters. The van der Waals surface area contributed by atoms with E-state index in [0.717, 1.165) is 25.0 Å². The van der Waals surface area contributed by atoms with Crippen LogP contribution in [0.15, 0.2) is 75.5 Å². The van der Waals surface area contributed by atoms with Crippen LogP contribution in [0.25, 0.3) is 5.57 Å². The Hall–Kier alpha value is -2.51. The number of halogens is 3. The van der Waals surface area contributed by atoms with Gasteiger partial charge in [-0.1, -0.05) is 0 Å². The van der Waals surface area contributed by atoms with Crippen molar-refractivity contribution in [2.24, 2.45) is 3.21 Å². The number of nitrogens with one attached hydrogen (secondary N) is 2. The maximum atomic E-state index is 13.8. The van der Waals surface area contributed by atoms with E-state index in [2.05, 4.69) is 13.2 Å². The summed E-state index contributed by atoms with van der Waals surface area (Å²) in [6.45, 7) is 0.174. The van der Waals surface area contributed by atoms with Crippen LogP contribution in [0.4, 0.5) is 8.78 Å². The SMILES string of the molecule is [B]C1=C2C=C(c3ccccc3O)C=C(NCCNS(=O)(=O)c3ccc(F)cc3F)I2N=C1. The van der Waals surface area contributed by atoms with E-state index in [4.69, 9.17) is 7.85 Å². The minimum absolute atomic E-state index is 0.0334. The summed E-state index contributed by atoms with van der Waals surface area (Å²) in [5.41, 5.74) is 1.97. The van der Waals surface area contributed by atoms with Crippen molar-refractivity contribution in [1.82, 2.24) is 10.0 Å². The fourth-order valence-corrected chi connectivity index (χ4v) is 8.62. The van der Waals surface area contributed by atoms with Gasteiger partial charge in [0.1, 0.15) is 0 Å². The molecule has 0 saturated carbocycles. The van der Waals surface area contributed by atoms with Crippen LogP contribution in [0.5, 0.6) is 5.75 Å². The molecular weight excluding hydrogens is 550 g/mol. The molecule has 0 aromatic heterocycles. The molecule has 0 amide bonds. The first-order valence-corrected chi connectivity index (χ1v) is 14.0. The van der Waals surface area contributed by atoms with E-state index in [1.54, 1.807) is 24.4 Å². The zero-order valence-electron chi connectivity index (χ0n) is 16.5.